The molecule has 0 unspecified atom stereocenters. The average Bonchev–Trinajstić information content (AvgIpc) is 3.57. The molecule has 0 aliphatic carbocycles. The van der Waals surface area contributed by atoms with Crippen LogP contribution in [0, 0.1) is 6.92 Å². The Kier molecular flexibility index (Phi) is 7.13. The van der Waals surface area contributed by atoms with E-state index in [0.717, 1.165) is 40.0 Å². The van der Waals surface area contributed by atoms with Gasteiger partial charge in [0, 0.05) is 47.2 Å². The highest BCUT2D eigenvalue weighted by atomic mass is 19.4. The number of ether oxygens (including phenoxy) is 1. The molecule has 4 aromatic rings. The number of hydrogen-bond donors (Lipinski definition) is 4. The van der Waals surface area contributed by atoms with Crippen LogP contribution in [0.2, 0.25) is 0 Å². The highest BCUT2D eigenvalue weighted by Crippen LogP contribution is 2.38. The summed E-state index contributed by atoms with van der Waals surface area (Å²) in [5.41, 5.74) is 9.76. The number of methoxy groups -OCH3 is 1. The quantitative estimate of drug-likeness (QED) is 0.256. The van der Waals surface area contributed by atoms with Crippen LogP contribution in [0.4, 0.5) is 24.5 Å². The summed E-state index contributed by atoms with van der Waals surface area (Å²) in [6.45, 7) is 2.08. The Hall–Kier alpha value is -4.55. The molecule has 0 fully saturated rings. The summed E-state index contributed by atoms with van der Waals surface area (Å²) in [7, 11) is 4.84. The maximum atomic E-state index is 13.7. The third-order valence-electron chi connectivity index (χ3n) is 6.44. The molecular formula is C28H28F3N7O2. The molecule has 0 saturated carbocycles. The van der Waals surface area contributed by atoms with Gasteiger partial charge in [-0.25, -0.2) is 4.98 Å². The maximum Gasteiger partial charge on any atom is 0.416 e. The lowest BCUT2D eigenvalue weighted by Crippen LogP contribution is -2.36. The van der Waals surface area contributed by atoms with Crippen molar-refractivity contribution in [1.82, 2.24) is 25.8 Å². The Morgan fingerprint density at radius 2 is 1.95 bits per heavy atom. The second-order valence-corrected chi connectivity index (χ2v) is 9.70. The number of pyridine rings is 1. The van der Waals surface area contributed by atoms with Crippen molar-refractivity contribution in [3.63, 3.8) is 0 Å². The molecule has 12 heteroatoms. The summed E-state index contributed by atoms with van der Waals surface area (Å²) < 4.78 is 46.4. The number of alkyl halides is 3. The molecular weight excluding hydrogens is 523 g/mol. The number of aromatic nitrogens is 2. The highest BCUT2D eigenvalue weighted by Gasteiger charge is 2.33. The van der Waals surface area contributed by atoms with Crippen LogP contribution in [-0.4, -0.2) is 42.0 Å². The van der Waals surface area contributed by atoms with Gasteiger partial charge in [-0.15, -0.1) is 5.53 Å². The van der Waals surface area contributed by atoms with Crippen molar-refractivity contribution in [3.8, 4) is 5.75 Å². The van der Waals surface area contributed by atoms with Crippen LogP contribution in [0.5, 0.6) is 5.75 Å². The molecule has 0 bridgehead atoms. The predicted octanol–water partition coefficient (Wildman–Crippen LogP) is 5.04. The van der Waals surface area contributed by atoms with Crippen molar-refractivity contribution in [1.29, 1.82) is 0 Å². The van der Waals surface area contributed by atoms with E-state index in [0.29, 0.717) is 11.3 Å². The van der Waals surface area contributed by atoms with E-state index in [9.17, 15) is 18.0 Å². The van der Waals surface area contributed by atoms with E-state index in [1.807, 2.05) is 31.5 Å². The topological polar surface area (TPSA) is 97.6 Å². The number of fused-ring (bicyclic) bond motifs is 1. The van der Waals surface area contributed by atoms with E-state index in [2.05, 4.69) is 26.2 Å². The lowest BCUT2D eigenvalue weighted by molar-refractivity contribution is -0.137. The van der Waals surface area contributed by atoms with E-state index >= 15 is 0 Å². The Morgan fingerprint density at radius 3 is 2.67 bits per heavy atom. The SMILES string of the molecule is COc1c(CN(C)C)cc(C(F)(F)F)cc1NC(=O)c1ccc(C)c(N2C=C(c3cnc4[nH]ccc4c3)NN2)c1. The largest absolute Gasteiger partial charge is 0.494 e. The molecule has 0 atom stereocenters. The minimum Gasteiger partial charge on any atom is -0.494 e. The van der Waals surface area contributed by atoms with E-state index in [1.54, 1.807) is 48.4 Å². The summed E-state index contributed by atoms with van der Waals surface area (Å²) in [5.74, 6) is -0.401. The minimum absolute atomic E-state index is 0.0582. The zero-order valence-corrected chi connectivity index (χ0v) is 22.3. The molecule has 3 heterocycles. The zero-order chi connectivity index (χ0) is 28.6. The first-order chi connectivity index (χ1) is 19.0. The number of halogens is 3. The van der Waals surface area contributed by atoms with Gasteiger partial charge in [-0.3, -0.25) is 9.80 Å². The number of anilines is 2. The average molecular weight is 552 g/mol. The Labute approximate surface area is 228 Å². The van der Waals surface area contributed by atoms with Crippen LogP contribution in [0.25, 0.3) is 16.7 Å². The number of aryl methyl sites for hydroxylation is 1. The lowest BCUT2D eigenvalue weighted by atomic mass is 10.1. The van der Waals surface area contributed by atoms with Crippen molar-refractivity contribution in [2.24, 2.45) is 0 Å². The molecule has 4 N–H and O–H groups in total. The Balaban J connectivity index is 1.44. The number of rotatable bonds is 7. The first-order valence-corrected chi connectivity index (χ1v) is 12.3. The number of aromatic amines is 1. The maximum absolute atomic E-state index is 13.7. The second kappa shape index (κ2) is 10.5. The second-order valence-electron chi connectivity index (χ2n) is 9.70. The van der Waals surface area contributed by atoms with Crippen molar-refractivity contribution in [3.05, 3.63) is 88.9 Å². The lowest BCUT2D eigenvalue weighted by Gasteiger charge is -2.21. The monoisotopic (exact) mass is 551 g/mol. The summed E-state index contributed by atoms with van der Waals surface area (Å²) in [5, 5.41) is 5.32. The first kappa shape index (κ1) is 27.0. The van der Waals surface area contributed by atoms with Gasteiger partial charge in [0.2, 0.25) is 0 Å². The van der Waals surface area contributed by atoms with Crippen LogP contribution < -0.4 is 26.0 Å². The normalized spacial score (nSPS) is 13.5. The molecule has 0 saturated heterocycles. The van der Waals surface area contributed by atoms with E-state index in [-0.39, 0.29) is 23.5 Å². The summed E-state index contributed by atoms with van der Waals surface area (Å²) in [4.78, 5) is 22.5. The van der Waals surface area contributed by atoms with Crippen molar-refractivity contribution >= 4 is 34.0 Å². The predicted molar refractivity (Wildman–Crippen MR) is 147 cm³/mol. The minimum atomic E-state index is -4.59. The van der Waals surface area contributed by atoms with Gasteiger partial charge in [-0.2, -0.15) is 13.2 Å². The standard InChI is InChI=1S/C28H28F3N7O2/c1-16-5-6-18(11-24(16)38-15-23(35-36-38)19-9-17-7-8-32-26(17)33-13-19)27(39)34-22-12-21(28(29,30)31)10-20(14-37(2)3)25(22)40-4/h5-13,15,35-36H,14H2,1-4H3,(H,32,33)(H,34,39). The van der Waals surface area contributed by atoms with Crippen LogP contribution in [-0.2, 0) is 12.7 Å². The van der Waals surface area contributed by atoms with Gasteiger partial charge >= 0.3 is 6.18 Å². The number of carbonyl (C=O) groups is 1. The third-order valence-corrected chi connectivity index (χ3v) is 6.44. The van der Waals surface area contributed by atoms with Crippen molar-refractivity contribution in [2.45, 2.75) is 19.6 Å². The number of hydrazine groups is 2. The number of hydrogen-bond acceptors (Lipinski definition) is 7. The number of benzene rings is 2. The van der Waals surface area contributed by atoms with Crippen LogP contribution >= 0.6 is 0 Å². The van der Waals surface area contributed by atoms with E-state index in [4.69, 9.17) is 4.74 Å². The first-order valence-electron chi connectivity index (χ1n) is 12.3. The molecule has 9 nitrogen and oxygen atoms in total. The molecule has 1 aliphatic rings. The Morgan fingerprint density at radius 1 is 1.15 bits per heavy atom. The van der Waals surface area contributed by atoms with Crippen molar-refractivity contribution < 1.29 is 22.7 Å². The van der Waals surface area contributed by atoms with Crippen LogP contribution in [0.3, 0.4) is 0 Å². The number of H-pyrrole nitrogens is 1. The fourth-order valence-corrected chi connectivity index (χ4v) is 4.53. The molecule has 1 amide bonds. The number of carbonyl (C=O) groups excluding carboxylic acids is 1. The molecule has 2 aromatic heterocycles. The summed E-state index contributed by atoms with van der Waals surface area (Å²) in [6.07, 6.45) is 0.805. The smallest absolute Gasteiger partial charge is 0.416 e. The number of amides is 1. The van der Waals surface area contributed by atoms with Gasteiger partial charge in [-0.1, -0.05) is 6.07 Å². The van der Waals surface area contributed by atoms with E-state index < -0.39 is 17.6 Å². The van der Waals surface area contributed by atoms with Crippen molar-refractivity contribution in [2.75, 3.05) is 31.5 Å². The summed E-state index contributed by atoms with van der Waals surface area (Å²) >= 11 is 0. The molecule has 0 spiro atoms. The van der Waals surface area contributed by atoms with Gasteiger partial charge in [0.25, 0.3) is 5.91 Å². The van der Waals surface area contributed by atoms with Crippen LogP contribution in [0.1, 0.15) is 32.6 Å². The van der Waals surface area contributed by atoms with Gasteiger partial charge in [-0.05, 0) is 63.0 Å². The van der Waals surface area contributed by atoms with Crippen LogP contribution in [0.15, 0.2) is 61.1 Å². The number of nitrogens with zero attached hydrogens (tertiary/aromatic N) is 3. The molecule has 40 heavy (non-hydrogen) atoms. The highest BCUT2D eigenvalue weighted by molar-refractivity contribution is 6.06. The van der Waals surface area contributed by atoms with Gasteiger partial charge < -0.3 is 25.4 Å². The fraction of sp³-hybridized carbons (Fsp3) is 0.214. The van der Waals surface area contributed by atoms with Gasteiger partial charge in [0.1, 0.15) is 11.4 Å². The molecule has 5 rings (SSSR count). The van der Waals surface area contributed by atoms with Gasteiger partial charge in [0.15, 0.2) is 0 Å². The van der Waals surface area contributed by atoms with Gasteiger partial charge in [0.05, 0.1) is 29.7 Å². The van der Waals surface area contributed by atoms with E-state index in [1.165, 1.54) is 7.11 Å². The molecule has 1 aliphatic heterocycles. The summed E-state index contributed by atoms with van der Waals surface area (Å²) in [6, 6.07) is 10.9. The third kappa shape index (κ3) is 5.44. The molecule has 0 radical (unpaired) electrons. The zero-order valence-electron chi connectivity index (χ0n) is 22.3. The Bertz CT molecular complexity index is 1610. The molecule has 2 aromatic carbocycles. The molecule has 208 valence electrons. The number of nitrogens with one attached hydrogen (secondary N) is 4. The fourth-order valence-electron chi connectivity index (χ4n) is 4.53.